The van der Waals surface area contributed by atoms with Crippen molar-refractivity contribution in [2.45, 2.75) is 18.7 Å². The molecule has 1 aromatic rings. The summed E-state index contributed by atoms with van der Waals surface area (Å²) in [7, 11) is -7.81. The molecule has 0 unspecified atom stereocenters. The molecule has 0 saturated heterocycles. The van der Waals surface area contributed by atoms with E-state index in [2.05, 4.69) is 4.72 Å². The van der Waals surface area contributed by atoms with E-state index in [-0.39, 0.29) is 10.5 Å². The minimum absolute atomic E-state index is 0.162. The predicted molar refractivity (Wildman–Crippen MR) is 76.0 cm³/mol. The Balaban J connectivity index is 3.16. The Kier molecular flexibility index (Phi) is 5.10. The summed E-state index contributed by atoms with van der Waals surface area (Å²) in [5.41, 5.74) is 0.731. The van der Waals surface area contributed by atoms with Crippen LogP contribution in [-0.4, -0.2) is 40.2 Å². The average molecular weight is 336 g/mol. The summed E-state index contributed by atoms with van der Waals surface area (Å²) in [6.45, 7) is 2.73. The van der Waals surface area contributed by atoms with Gasteiger partial charge in [0.25, 0.3) is 0 Å². The number of sulfonamides is 2. The van der Waals surface area contributed by atoms with Gasteiger partial charge in [0, 0.05) is 6.54 Å². The predicted octanol–water partition coefficient (Wildman–Crippen LogP) is -0.432. The third-order valence-corrected chi connectivity index (χ3v) is 5.20. The molecular formula is C11H16N2O6S2. The van der Waals surface area contributed by atoms with Crippen LogP contribution >= 0.6 is 0 Å². The van der Waals surface area contributed by atoms with Crippen LogP contribution in [0.2, 0.25) is 0 Å². The number of nitrogens with one attached hydrogen (secondary N) is 1. The van der Waals surface area contributed by atoms with E-state index < -0.39 is 38.3 Å². The van der Waals surface area contributed by atoms with E-state index >= 15 is 0 Å². The van der Waals surface area contributed by atoms with E-state index in [1.54, 1.807) is 6.92 Å². The molecule has 0 aromatic heterocycles. The van der Waals surface area contributed by atoms with E-state index in [4.69, 9.17) is 10.2 Å². The molecule has 0 bridgehead atoms. The molecule has 0 aliphatic carbocycles. The number of aromatic carboxylic acids is 1. The van der Waals surface area contributed by atoms with Crippen LogP contribution in [0.5, 0.6) is 0 Å². The molecular weight excluding hydrogens is 320 g/mol. The smallest absolute Gasteiger partial charge is 0.335 e. The fraction of sp³-hybridized carbons (Fsp3) is 0.364. The number of hydrogen-bond acceptors (Lipinski definition) is 5. The normalized spacial score (nSPS) is 12.3. The van der Waals surface area contributed by atoms with Crippen molar-refractivity contribution in [3.05, 3.63) is 28.8 Å². The summed E-state index contributed by atoms with van der Waals surface area (Å²) in [6.07, 6.45) is 0. The highest BCUT2D eigenvalue weighted by Gasteiger charge is 2.21. The van der Waals surface area contributed by atoms with E-state index in [1.807, 2.05) is 0 Å². The Morgan fingerprint density at radius 1 is 1.24 bits per heavy atom. The lowest BCUT2D eigenvalue weighted by Crippen LogP contribution is -2.32. The molecule has 4 N–H and O–H groups in total. The van der Waals surface area contributed by atoms with Crippen molar-refractivity contribution in [2.24, 2.45) is 5.14 Å². The first kappa shape index (κ1) is 17.6. The second-order valence-electron chi connectivity index (χ2n) is 4.49. The highest BCUT2D eigenvalue weighted by atomic mass is 32.2. The van der Waals surface area contributed by atoms with Gasteiger partial charge in [-0.1, -0.05) is 0 Å². The van der Waals surface area contributed by atoms with Gasteiger partial charge in [0.2, 0.25) is 20.0 Å². The number of hydrogen-bond donors (Lipinski definition) is 3. The Morgan fingerprint density at radius 2 is 1.81 bits per heavy atom. The van der Waals surface area contributed by atoms with Crippen molar-refractivity contribution < 1.29 is 26.7 Å². The van der Waals surface area contributed by atoms with Gasteiger partial charge in [-0.15, -0.1) is 0 Å². The van der Waals surface area contributed by atoms with Crippen LogP contribution in [0.1, 0.15) is 21.5 Å². The number of carboxylic acids is 1. The number of benzene rings is 1. The number of nitrogens with two attached hydrogens (primary N) is 1. The molecule has 0 aliphatic heterocycles. The van der Waals surface area contributed by atoms with Gasteiger partial charge >= 0.3 is 5.97 Å². The summed E-state index contributed by atoms with van der Waals surface area (Å²) < 4.78 is 47.9. The van der Waals surface area contributed by atoms with Crippen molar-refractivity contribution in [3.63, 3.8) is 0 Å². The SMILES string of the molecule is Cc1cc(C(=O)O)cc(S(=O)(=O)NCCS(N)(=O)=O)c1C. The quantitative estimate of drug-likeness (QED) is 0.643. The summed E-state index contributed by atoms with van der Waals surface area (Å²) in [5.74, 6) is -1.80. The standard InChI is InChI=1S/C11H16N2O6S2/c1-7-5-9(11(14)15)6-10(8(7)2)21(18,19)13-3-4-20(12,16)17/h5-6,13H,3-4H2,1-2H3,(H,14,15)(H2,12,16,17). The van der Waals surface area contributed by atoms with Gasteiger partial charge in [-0.25, -0.2) is 31.5 Å². The third kappa shape index (κ3) is 4.77. The fourth-order valence-electron chi connectivity index (χ4n) is 1.63. The molecule has 1 aromatic carbocycles. The van der Waals surface area contributed by atoms with E-state index in [0.717, 1.165) is 6.07 Å². The molecule has 0 spiro atoms. The largest absolute Gasteiger partial charge is 0.478 e. The molecule has 0 amide bonds. The van der Waals surface area contributed by atoms with E-state index in [9.17, 15) is 21.6 Å². The van der Waals surface area contributed by atoms with Crippen LogP contribution in [0.15, 0.2) is 17.0 Å². The summed E-state index contributed by atoms with van der Waals surface area (Å²) >= 11 is 0. The molecule has 0 heterocycles. The van der Waals surface area contributed by atoms with Gasteiger partial charge in [-0.2, -0.15) is 0 Å². The maximum absolute atomic E-state index is 12.1. The first-order chi connectivity index (χ1) is 9.44. The molecule has 0 atom stereocenters. The average Bonchev–Trinajstić information content (AvgIpc) is 2.29. The number of rotatable bonds is 6. The number of carboxylic acid groups (broad SMARTS) is 1. The van der Waals surface area contributed by atoms with Crippen LogP contribution in [0.4, 0.5) is 0 Å². The van der Waals surface area contributed by atoms with Gasteiger partial charge in [-0.3, -0.25) is 0 Å². The molecule has 0 aliphatic rings. The lowest BCUT2D eigenvalue weighted by Gasteiger charge is -2.12. The molecule has 118 valence electrons. The van der Waals surface area contributed by atoms with Gasteiger partial charge in [0.15, 0.2) is 0 Å². The number of primary sulfonamides is 1. The van der Waals surface area contributed by atoms with Gasteiger partial charge in [0.05, 0.1) is 16.2 Å². The molecule has 0 fully saturated rings. The third-order valence-electron chi connectivity index (χ3n) is 2.83. The first-order valence-electron chi connectivity index (χ1n) is 5.79. The van der Waals surface area contributed by atoms with Crippen molar-refractivity contribution in [1.29, 1.82) is 0 Å². The topological polar surface area (TPSA) is 144 Å². The fourth-order valence-corrected chi connectivity index (χ4v) is 3.51. The molecule has 10 heteroatoms. The zero-order valence-electron chi connectivity index (χ0n) is 11.5. The van der Waals surface area contributed by atoms with Crippen molar-refractivity contribution in [3.8, 4) is 0 Å². The Labute approximate surface area is 123 Å². The van der Waals surface area contributed by atoms with E-state index in [0.29, 0.717) is 11.1 Å². The zero-order valence-corrected chi connectivity index (χ0v) is 13.1. The molecule has 8 nitrogen and oxygen atoms in total. The summed E-state index contributed by atoms with van der Waals surface area (Å²) in [6, 6.07) is 2.39. The second kappa shape index (κ2) is 6.10. The highest BCUT2D eigenvalue weighted by molar-refractivity contribution is 7.90. The first-order valence-corrected chi connectivity index (χ1v) is 8.98. The maximum Gasteiger partial charge on any atom is 0.335 e. The van der Waals surface area contributed by atoms with Crippen LogP contribution in [-0.2, 0) is 20.0 Å². The van der Waals surface area contributed by atoms with Crippen LogP contribution < -0.4 is 9.86 Å². The number of aryl methyl sites for hydroxylation is 1. The molecule has 1 rings (SSSR count). The van der Waals surface area contributed by atoms with Crippen molar-refractivity contribution >= 4 is 26.0 Å². The lowest BCUT2D eigenvalue weighted by molar-refractivity contribution is 0.0696. The zero-order chi connectivity index (χ0) is 16.4. The summed E-state index contributed by atoms with van der Waals surface area (Å²) in [4.78, 5) is 10.8. The lowest BCUT2D eigenvalue weighted by atomic mass is 10.1. The Bertz CT molecular complexity index is 768. The van der Waals surface area contributed by atoms with Crippen LogP contribution in [0.25, 0.3) is 0 Å². The molecule has 0 saturated carbocycles. The van der Waals surface area contributed by atoms with Gasteiger partial charge < -0.3 is 5.11 Å². The second-order valence-corrected chi connectivity index (χ2v) is 7.96. The Morgan fingerprint density at radius 3 is 2.29 bits per heavy atom. The van der Waals surface area contributed by atoms with Gasteiger partial charge in [0.1, 0.15) is 0 Å². The highest BCUT2D eigenvalue weighted by Crippen LogP contribution is 2.21. The minimum Gasteiger partial charge on any atom is -0.478 e. The van der Waals surface area contributed by atoms with Crippen LogP contribution in [0.3, 0.4) is 0 Å². The molecule has 21 heavy (non-hydrogen) atoms. The van der Waals surface area contributed by atoms with Crippen molar-refractivity contribution in [2.75, 3.05) is 12.3 Å². The monoisotopic (exact) mass is 336 g/mol. The minimum atomic E-state index is -4.03. The van der Waals surface area contributed by atoms with Gasteiger partial charge in [-0.05, 0) is 37.1 Å². The maximum atomic E-state index is 12.1. The molecule has 0 radical (unpaired) electrons. The number of carbonyl (C=O) groups is 1. The summed E-state index contributed by atoms with van der Waals surface area (Å²) in [5, 5.41) is 13.7. The van der Waals surface area contributed by atoms with E-state index in [1.165, 1.54) is 13.0 Å². The van der Waals surface area contributed by atoms with Crippen LogP contribution in [0, 0.1) is 13.8 Å². The Hall–Kier alpha value is -1.49. The van der Waals surface area contributed by atoms with Crippen molar-refractivity contribution in [1.82, 2.24) is 4.72 Å².